The predicted molar refractivity (Wildman–Crippen MR) is 61.2 cm³/mol. The van der Waals surface area contributed by atoms with Gasteiger partial charge in [0.25, 0.3) is 0 Å². The first-order chi connectivity index (χ1) is 7.74. The minimum Gasteiger partial charge on any atom is -0.324 e. The van der Waals surface area contributed by atoms with E-state index >= 15 is 0 Å². The Morgan fingerprint density at radius 1 is 1.50 bits per heavy atom. The highest BCUT2D eigenvalue weighted by Gasteiger charge is 2.07. The Bertz CT molecular complexity index is 483. The molecule has 0 saturated carbocycles. The van der Waals surface area contributed by atoms with Gasteiger partial charge in [-0.15, -0.1) is 21.5 Å². The van der Waals surface area contributed by atoms with Gasteiger partial charge < -0.3 is 5.32 Å². The van der Waals surface area contributed by atoms with E-state index in [9.17, 15) is 4.79 Å². The summed E-state index contributed by atoms with van der Waals surface area (Å²) in [6, 6.07) is 3.56. The molecule has 2 aromatic heterocycles. The zero-order chi connectivity index (χ0) is 11.4. The molecule has 0 aliphatic heterocycles. The largest absolute Gasteiger partial charge is 0.324 e. The molecule has 2 heterocycles. The summed E-state index contributed by atoms with van der Waals surface area (Å²) in [4.78, 5) is 15.5. The van der Waals surface area contributed by atoms with E-state index in [1.165, 1.54) is 11.3 Å². The lowest BCUT2D eigenvalue weighted by Crippen LogP contribution is -2.14. The summed E-state index contributed by atoms with van der Waals surface area (Å²) in [5, 5.41) is 12.1. The SMILES string of the molecule is Cc1nnc(CC(=O)Nc2cccnc2)s1. The number of aryl methyl sites for hydroxylation is 1. The predicted octanol–water partition coefficient (Wildman–Crippen LogP) is 1.42. The second-order valence-electron chi connectivity index (χ2n) is 3.18. The molecule has 0 unspecified atom stereocenters. The molecule has 2 aromatic rings. The molecule has 6 heteroatoms. The molecule has 0 saturated heterocycles. The van der Waals surface area contributed by atoms with Crippen LogP contribution in [0.1, 0.15) is 10.0 Å². The van der Waals surface area contributed by atoms with E-state index in [2.05, 4.69) is 20.5 Å². The van der Waals surface area contributed by atoms with Crippen molar-refractivity contribution in [1.82, 2.24) is 15.2 Å². The first-order valence-corrected chi connectivity index (χ1v) is 5.54. The van der Waals surface area contributed by atoms with Gasteiger partial charge in [-0.05, 0) is 19.1 Å². The summed E-state index contributed by atoms with van der Waals surface area (Å²) in [5.74, 6) is -0.107. The molecule has 1 amide bonds. The van der Waals surface area contributed by atoms with E-state index < -0.39 is 0 Å². The first kappa shape index (κ1) is 10.7. The Labute approximate surface area is 96.6 Å². The standard InChI is InChI=1S/C10H10N4OS/c1-7-13-14-10(16-7)5-9(15)12-8-3-2-4-11-6-8/h2-4,6H,5H2,1H3,(H,12,15). The quantitative estimate of drug-likeness (QED) is 0.872. The summed E-state index contributed by atoms with van der Waals surface area (Å²) in [7, 11) is 0. The van der Waals surface area contributed by atoms with Crippen molar-refractivity contribution in [3.8, 4) is 0 Å². The van der Waals surface area contributed by atoms with Gasteiger partial charge in [-0.25, -0.2) is 0 Å². The summed E-state index contributed by atoms with van der Waals surface area (Å²) >= 11 is 1.43. The number of anilines is 1. The number of amides is 1. The molecular weight excluding hydrogens is 224 g/mol. The van der Waals surface area contributed by atoms with Gasteiger partial charge in [0.15, 0.2) is 0 Å². The molecule has 0 radical (unpaired) electrons. The third kappa shape index (κ3) is 2.83. The third-order valence-electron chi connectivity index (χ3n) is 1.82. The lowest BCUT2D eigenvalue weighted by molar-refractivity contribution is -0.115. The van der Waals surface area contributed by atoms with Crippen LogP contribution >= 0.6 is 11.3 Å². The highest BCUT2D eigenvalue weighted by molar-refractivity contribution is 7.11. The van der Waals surface area contributed by atoms with E-state index in [1.807, 2.05) is 6.92 Å². The molecule has 0 spiro atoms. The fraction of sp³-hybridized carbons (Fsp3) is 0.200. The van der Waals surface area contributed by atoms with E-state index in [1.54, 1.807) is 24.5 Å². The van der Waals surface area contributed by atoms with E-state index in [-0.39, 0.29) is 12.3 Å². The van der Waals surface area contributed by atoms with E-state index in [0.29, 0.717) is 5.69 Å². The lowest BCUT2D eigenvalue weighted by Gasteiger charge is -2.01. The van der Waals surface area contributed by atoms with Crippen LogP contribution in [0.4, 0.5) is 5.69 Å². The fourth-order valence-electron chi connectivity index (χ4n) is 1.19. The molecule has 0 fully saturated rings. The number of pyridine rings is 1. The van der Waals surface area contributed by atoms with Gasteiger partial charge in [-0.1, -0.05) is 0 Å². The van der Waals surface area contributed by atoms with Crippen LogP contribution in [0.3, 0.4) is 0 Å². The summed E-state index contributed by atoms with van der Waals surface area (Å²) in [5.41, 5.74) is 0.689. The number of hydrogen-bond acceptors (Lipinski definition) is 5. The number of nitrogens with one attached hydrogen (secondary N) is 1. The van der Waals surface area contributed by atoms with Crippen LogP contribution in [0.15, 0.2) is 24.5 Å². The molecule has 0 bridgehead atoms. The van der Waals surface area contributed by atoms with Gasteiger partial charge >= 0.3 is 0 Å². The number of carbonyl (C=O) groups excluding carboxylic acids is 1. The maximum Gasteiger partial charge on any atom is 0.231 e. The molecule has 0 atom stereocenters. The Balaban J connectivity index is 1.95. The number of nitrogens with zero attached hydrogens (tertiary/aromatic N) is 3. The fourth-order valence-corrected chi connectivity index (χ4v) is 1.90. The first-order valence-electron chi connectivity index (χ1n) is 4.73. The number of hydrogen-bond donors (Lipinski definition) is 1. The van der Waals surface area contributed by atoms with Crippen molar-refractivity contribution < 1.29 is 4.79 Å². The van der Waals surface area contributed by atoms with Gasteiger partial charge in [0.2, 0.25) is 5.91 Å². The van der Waals surface area contributed by atoms with E-state index in [0.717, 1.165) is 10.0 Å². The van der Waals surface area contributed by atoms with Crippen LogP contribution < -0.4 is 5.32 Å². The molecule has 0 aromatic carbocycles. The van der Waals surface area contributed by atoms with Crippen molar-refractivity contribution in [3.63, 3.8) is 0 Å². The Hall–Kier alpha value is -1.82. The monoisotopic (exact) mass is 234 g/mol. The second kappa shape index (κ2) is 4.80. The molecule has 0 aliphatic carbocycles. The highest BCUT2D eigenvalue weighted by Crippen LogP contribution is 2.10. The number of rotatable bonds is 3. The molecule has 0 aliphatic rings. The molecule has 2 rings (SSSR count). The molecular formula is C10H10N4OS. The minimum absolute atomic E-state index is 0.107. The molecule has 1 N–H and O–H groups in total. The smallest absolute Gasteiger partial charge is 0.231 e. The molecule has 16 heavy (non-hydrogen) atoms. The van der Waals surface area contributed by atoms with Crippen molar-refractivity contribution in [2.45, 2.75) is 13.3 Å². The Morgan fingerprint density at radius 2 is 2.38 bits per heavy atom. The summed E-state index contributed by atoms with van der Waals surface area (Å²) < 4.78 is 0. The van der Waals surface area contributed by atoms with Crippen LogP contribution in [0.5, 0.6) is 0 Å². The maximum atomic E-state index is 11.6. The average Bonchev–Trinajstić information content (AvgIpc) is 2.65. The summed E-state index contributed by atoms with van der Waals surface area (Å²) in [6.45, 7) is 1.86. The normalized spacial score (nSPS) is 10.1. The van der Waals surface area contributed by atoms with Crippen molar-refractivity contribution in [2.24, 2.45) is 0 Å². The molecule has 5 nitrogen and oxygen atoms in total. The van der Waals surface area contributed by atoms with Crippen molar-refractivity contribution in [2.75, 3.05) is 5.32 Å². The Morgan fingerprint density at radius 3 is 3.00 bits per heavy atom. The second-order valence-corrected chi connectivity index (χ2v) is 4.45. The minimum atomic E-state index is -0.107. The highest BCUT2D eigenvalue weighted by atomic mass is 32.1. The van der Waals surface area contributed by atoms with Crippen LogP contribution in [0.25, 0.3) is 0 Å². The van der Waals surface area contributed by atoms with Crippen molar-refractivity contribution in [1.29, 1.82) is 0 Å². The average molecular weight is 234 g/mol. The summed E-state index contributed by atoms with van der Waals surface area (Å²) in [6.07, 6.45) is 3.51. The van der Waals surface area contributed by atoms with Crippen LogP contribution in [0.2, 0.25) is 0 Å². The van der Waals surface area contributed by atoms with Crippen molar-refractivity contribution in [3.05, 3.63) is 34.5 Å². The zero-order valence-electron chi connectivity index (χ0n) is 8.67. The van der Waals surface area contributed by atoms with Gasteiger partial charge in [-0.2, -0.15) is 0 Å². The van der Waals surface area contributed by atoms with E-state index in [4.69, 9.17) is 0 Å². The van der Waals surface area contributed by atoms with Gasteiger partial charge in [0.05, 0.1) is 18.3 Å². The topological polar surface area (TPSA) is 67.8 Å². The third-order valence-corrected chi connectivity index (χ3v) is 2.66. The maximum absolute atomic E-state index is 11.6. The van der Waals surface area contributed by atoms with Crippen LogP contribution in [-0.2, 0) is 11.2 Å². The Kier molecular flexibility index (Phi) is 3.21. The van der Waals surface area contributed by atoms with Crippen LogP contribution in [-0.4, -0.2) is 21.1 Å². The lowest BCUT2D eigenvalue weighted by atomic mass is 10.3. The zero-order valence-corrected chi connectivity index (χ0v) is 9.49. The van der Waals surface area contributed by atoms with Crippen molar-refractivity contribution >= 4 is 22.9 Å². The molecule has 82 valence electrons. The number of carbonyl (C=O) groups is 1. The van der Waals surface area contributed by atoms with Gasteiger partial charge in [0, 0.05) is 6.20 Å². The van der Waals surface area contributed by atoms with Gasteiger partial charge in [0.1, 0.15) is 10.0 Å². The van der Waals surface area contributed by atoms with Crippen LogP contribution in [0, 0.1) is 6.92 Å². The van der Waals surface area contributed by atoms with Gasteiger partial charge in [-0.3, -0.25) is 9.78 Å². The number of aromatic nitrogens is 3.